The van der Waals surface area contributed by atoms with Crippen LogP contribution in [0.25, 0.3) is 0 Å². The number of benzene rings is 2. The van der Waals surface area contributed by atoms with E-state index in [0.717, 1.165) is 22.5 Å². The summed E-state index contributed by atoms with van der Waals surface area (Å²) in [6.45, 7) is 4.85. The molecule has 0 aliphatic rings. The molecule has 0 radical (unpaired) electrons. The molecule has 29 heavy (non-hydrogen) atoms. The molecular formula is C20H25N3O5S. The lowest BCUT2D eigenvalue weighted by atomic mass is 10.1. The van der Waals surface area contributed by atoms with Crippen LogP contribution in [0.4, 0.5) is 11.4 Å². The van der Waals surface area contributed by atoms with Gasteiger partial charge in [-0.05, 0) is 37.5 Å². The van der Waals surface area contributed by atoms with E-state index in [1.807, 2.05) is 31.2 Å². The molecule has 2 rings (SSSR count). The van der Waals surface area contributed by atoms with Gasteiger partial charge in [-0.25, -0.2) is 8.42 Å². The summed E-state index contributed by atoms with van der Waals surface area (Å²) in [7, 11) is -3.84. The van der Waals surface area contributed by atoms with Gasteiger partial charge in [0.1, 0.15) is 6.54 Å². The SMILES string of the molecule is CCc1ccc([C@@H](C)NC(=O)CN(c2cccc([N+](=O)[O-])c2C)S(C)(=O)=O)cc1. The van der Waals surface area contributed by atoms with Crippen LogP contribution in [0.5, 0.6) is 0 Å². The molecule has 0 bridgehead atoms. The molecule has 0 fully saturated rings. The number of hydrogen-bond donors (Lipinski definition) is 1. The molecule has 1 atom stereocenters. The number of aryl methyl sites for hydroxylation is 1. The second kappa shape index (κ2) is 9.04. The number of carbonyl (C=O) groups is 1. The van der Waals surface area contributed by atoms with Crippen molar-refractivity contribution in [1.29, 1.82) is 0 Å². The van der Waals surface area contributed by atoms with E-state index in [0.29, 0.717) is 0 Å². The number of carbonyl (C=O) groups excluding carboxylic acids is 1. The minimum Gasteiger partial charge on any atom is -0.348 e. The van der Waals surface area contributed by atoms with Crippen LogP contribution in [0, 0.1) is 17.0 Å². The van der Waals surface area contributed by atoms with Crippen molar-refractivity contribution in [1.82, 2.24) is 5.32 Å². The van der Waals surface area contributed by atoms with Crippen LogP contribution in [0.1, 0.15) is 36.6 Å². The van der Waals surface area contributed by atoms with E-state index in [9.17, 15) is 23.3 Å². The predicted molar refractivity (Wildman–Crippen MR) is 112 cm³/mol. The predicted octanol–water partition coefficient (Wildman–Crippen LogP) is 3.11. The molecule has 0 spiro atoms. The maximum Gasteiger partial charge on any atom is 0.274 e. The maximum absolute atomic E-state index is 12.6. The number of rotatable bonds is 8. The first-order valence-electron chi connectivity index (χ1n) is 9.14. The van der Waals surface area contributed by atoms with Crippen molar-refractivity contribution >= 4 is 27.3 Å². The van der Waals surface area contributed by atoms with Crippen molar-refractivity contribution in [2.24, 2.45) is 0 Å². The van der Waals surface area contributed by atoms with Crippen LogP contribution in [-0.2, 0) is 21.2 Å². The first kappa shape index (κ1) is 22.4. The Kier molecular flexibility index (Phi) is 6.97. The van der Waals surface area contributed by atoms with Crippen LogP contribution in [-0.4, -0.2) is 32.0 Å². The Morgan fingerprint density at radius 1 is 1.21 bits per heavy atom. The fraction of sp³-hybridized carbons (Fsp3) is 0.350. The smallest absolute Gasteiger partial charge is 0.274 e. The standard InChI is InChI=1S/C20H25N3O5S/c1-5-16-9-11-17(12-10-16)15(3)21-20(24)13-22(29(4,27)28)18-7-6-8-19(14(18)2)23(25)26/h6-12,15H,5,13H2,1-4H3,(H,21,24)/t15-/m1/s1. The second-order valence-corrected chi connectivity index (χ2v) is 8.74. The van der Waals surface area contributed by atoms with Gasteiger partial charge in [-0.3, -0.25) is 19.2 Å². The van der Waals surface area contributed by atoms with Gasteiger partial charge < -0.3 is 5.32 Å². The summed E-state index contributed by atoms with van der Waals surface area (Å²) < 4.78 is 25.5. The number of nitro benzene ring substituents is 1. The lowest BCUT2D eigenvalue weighted by molar-refractivity contribution is -0.385. The van der Waals surface area contributed by atoms with Gasteiger partial charge >= 0.3 is 0 Å². The largest absolute Gasteiger partial charge is 0.348 e. The van der Waals surface area contributed by atoms with Gasteiger partial charge in [0.15, 0.2) is 0 Å². The van der Waals surface area contributed by atoms with Crippen molar-refractivity contribution < 1.29 is 18.1 Å². The summed E-state index contributed by atoms with van der Waals surface area (Å²) in [6, 6.07) is 11.6. The zero-order chi connectivity index (χ0) is 21.8. The van der Waals surface area contributed by atoms with Gasteiger partial charge in [0.2, 0.25) is 15.9 Å². The van der Waals surface area contributed by atoms with Crippen LogP contribution in [0.15, 0.2) is 42.5 Å². The molecule has 0 saturated carbocycles. The minimum absolute atomic E-state index is 0.108. The quantitative estimate of drug-likeness (QED) is 0.522. The zero-order valence-corrected chi connectivity index (χ0v) is 17.7. The number of hydrogen-bond acceptors (Lipinski definition) is 5. The van der Waals surface area contributed by atoms with Gasteiger partial charge in [0.05, 0.1) is 28.5 Å². The molecule has 1 N–H and O–H groups in total. The monoisotopic (exact) mass is 419 g/mol. The molecule has 2 aromatic rings. The van der Waals surface area contributed by atoms with Gasteiger partial charge in [0.25, 0.3) is 5.69 Å². The van der Waals surface area contributed by atoms with Crippen LogP contribution in [0.2, 0.25) is 0 Å². The Bertz CT molecular complexity index is 1000. The normalized spacial score (nSPS) is 12.3. The van der Waals surface area contributed by atoms with Crippen LogP contribution in [0.3, 0.4) is 0 Å². The fourth-order valence-electron chi connectivity index (χ4n) is 3.00. The Balaban J connectivity index is 2.24. The topological polar surface area (TPSA) is 110 Å². The van der Waals surface area contributed by atoms with Gasteiger partial charge in [-0.2, -0.15) is 0 Å². The first-order chi connectivity index (χ1) is 13.5. The Morgan fingerprint density at radius 3 is 2.34 bits per heavy atom. The molecule has 8 nitrogen and oxygen atoms in total. The fourth-order valence-corrected chi connectivity index (χ4v) is 3.91. The van der Waals surface area contributed by atoms with Crippen molar-refractivity contribution in [3.63, 3.8) is 0 Å². The molecule has 0 heterocycles. The molecule has 156 valence electrons. The highest BCUT2D eigenvalue weighted by Crippen LogP contribution is 2.29. The average Bonchev–Trinajstić information content (AvgIpc) is 2.65. The third-order valence-electron chi connectivity index (χ3n) is 4.70. The Labute approximate surface area is 170 Å². The lowest BCUT2D eigenvalue weighted by Crippen LogP contribution is -2.41. The molecule has 2 aromatic carbocycles. The third kappa shape index (κ3) is 5.54. The van der Waals surface area contributed by atoms with E-state index in [2.05, 4.69) is 12.2 Å². The molecule has 0 saturated heterocycles. The van der Waals surface area contributed by atoms with Crippen LogP contribution >= 0.6 is 0 Å². The highest BCUT2D eigenvalue weighted by molar-refractivity contribution is 7.92. The lowest BCUT2D eigenvalue weighted by Gasteiger charge is -2.24. The number of amides is 1. The number of nitrogens with one attached hydrogen (secondary N) is 1. The van der Waals surface area contributed by atoms with Crippen molar-refractivity contribution in [3.05, 3.63) is 69.3 Å². The molecule has 0 unspecified atom stereocenters. The van der Waals surface area contributed by atoms with Gasteiger partial charge in [0, 0.05) is 6.07 Å². The van der Waals surface area contributed by atoms with E-state index in [4.69, 9.17) is 0 Å². The summed E-state index contributed by atoms with van der Waals surface area (Å²) in [5.41, 5.74) is 2.15. The molecular weight excluding hydrogens is 394 g/mol. The van der Waals surface area contributed by atoms with Crippen molar-refractivity contribution in [2.45, 2.75) is 33.2 Å². The molecule has 1 amide bonds. The van der Waals surface area contributed by atoms with E-state index >= 15 is 0 Å². The van der Waals surface area contributed by atoms with Gasteiger partial charge in [-0.1, -0.05) is 37.3 Å². The third-order valence-corrected chi connectivity index (χ3v) is 5.82. The summed E-state index contributed by atoms with van der Waals surface area (Å²) in [4.78, 5) is 23.2. The maximum atomic E-state index is 12.6. The number of nitro groups is 1. The average molecular weight is 420 g/mol. The summed E-state index contributed by atoms with van der Waals surface area (Å²) >= 11 is 0. The van der Waals surface area contributed by atoms with Crippen LogP contribution < -0.4 is 9.62 Å². The number of sulfonamides is 1. The second-order valence-electron chi connectivity index (χ2n) is 6.83. The zero-order valence-electron chi connectivity index (χ0n) is 16.9. The van der Waals surface area contributed by atoms with E-state index in [1.54, 1.807) is 0 Å². The molecule has 9 heteroatoms. The highest BCUT2D eigenvalue weighted by atomic mass is 32.2. The van der Waals surface area contributed by atoms with E-state index in [-0.39, 0.29) is 23.0 Å². The summed E-state index contributed by atoms with van der Waals surface area (Å²) in [5, 5.41) is 14.0. The van der Waals surface area contributed by atoms with E-state index in [1.165, 1.54) is 30.7 Å². The molecule has 0 aliphatic heterocycles. The Hall–Kier alpha value is -2.94. The molecule has 0 aromatic heterocycles. The first-order valence-corrected chi connectivity index (χ1v) is 11.0. The Morgan fingerprint density at radius 2 is 1.83 bits per heavy atom. The summed E-state index contributed by atoms with van der Waals surface area (Å²) in [6.07, 6.45) is 1.87. The van der Waals surface area contributed by atoms with Gasteiger partial charge in [-0.15, -0.1) is 0 Å². The minimum atomic E-state index is -3.84. The number of anilines is 1. The van der Waals surface area contributed by atoms with Crippen molar-refractivity contribution in [3.8, 4) is 0 Å². The molecule has 0 aliphatic carbocycles. The van der Waals surface area contributed by atoms with Crippen molar-refractivity contribution in [2.75, 3.05) is 17.1 Å². The highest BCUT2D eigenvalue weighted by Gasteiger charge is 2.26. The summed E-state index contributed by atoms with van der Waals surface area (Å²) in [5.74, 6) is -0.506. The van der Waals surface area contributed by atoms with E-state index < -0.39 is 27.4 Å². The number of nitrogens with zero attached hydrogens (tertiary/aromatic N) is 2.